The van der Waals surface area contributed by atoms with Gasteiger partial charge in [0.1, 0.15) is 11.3 Å². The van der Waals surface area contributed by atoms with Crippen molar-refractivity contribution in [3.05, 3.63) is 24.3 Å². The molecule has 0 radical (unpaired) electrons. The molecule has 0 unspecified atom stereocenters. The van der Waals surface area contributed by atoms with Gasteiger partial charge < -0.3 is 9.47 Å². The molecule has 0 atom stereocenters. The highest BCUT2D eigenvalue weighted by Crippen LogP contribution is 2.17. The van der Waals surface area contributed by atoms with Crippen molar-refractivity contribution in [1.29, 1.82) is 0 Å². The first-order chi connectivity index (χ1) is 8.73. The second kappa shape index (κ2) is 5.58. The number of nitrogens with one attached hydrogen (secondary N) is 1. The normalized spacial score (nSPS) is 12.0. The second-order valence-corrected chi connectivity index (χ2v) is 6.08. The van der Waals surface area contributed by atoms with Gasteiger partial charge in [-0.25, -0.2) is 8.42 Å². The van der Waals surface area contributed by atoms with Crippen LogP contribution in [0.25, 0.3) is 0 Å². The summed E-state index contributed by atoms with van der Waals surface area (Å²) in [6.45, 7) is 2.86. The molecule has 0 heterocycles. The van der Waals surface area contributed by atoms with Crippen molar-refractivity contribution >= 4 is 16.0 Å². The van der Waals surface area contributed by atoms with Crippen molar-refractivity contribution < 1.29 is 22.7 Å². The average Bonchev–Trinajstić information content (AvgIpc) is 2.36. The van der Waals surface area contributed by atoms with Crippen molar-refractivity contribution in [2.75, 3.05) is 14.2 Å². The minimum absolute atomic E-state index is 0.0466. The van der Waals surface area contributed by atoms with Gasteiger partial charge >= 0.3 is 5.97 Å². The van der Waals surface area contributed by atoms with Gasteiger partial charge in [0.15, 0.2) is 0 Å². The quantitative estimate of drug-likeness (QED) is 0.815. The van der Waals surface area contributed by atoms with Crippen molar-refractivity contribution in [2.24, 2.45) is 0 Å². The summed E-state index contributed by atoms with van der Waals surface area (Å²) in [6.07, 6.45) is 0. The predicted molar refractivity (Wildman–Crippen MR) is 69.4 cm³/mol. The SMILES string of the molecule is COC(=O)C(C)(C)NS(=O)(=O)c1ccc(OC)cc1. The van der Waals surface area contributed by atoms with Crippen molar-refractivity contribution in [3.8, 4) is 5.75 Å². The Labute approximate surface area is 112 Å². The number of ether oxygens (including phenoxy) is 2. The molecule has 0 aliphatic carbocycles. The smallest absolute Gasteiger partial charge is 0.326 e. The van der Waals surface area contributed by atoms with Crippen LogP contribution in [0.3, 0.4) is 0 Å². The summed E-state index contributed by atoms with van der Waals surface area (Å²) in [5.41, 5.74) is -1.34. The molecular formula is C12H17NO5S. The van der Waals surface area contributed by atoms with Crippen molar-refractivity contribution in [3.63, 3.8) is 0 Å². The van der Waals surface area contributed by atoms with Crippen LogP contribution in [0.4, 0.5) is 0 Å². The number of benzene rings is 1. The van der Waals surface area contributed by atoms with Crippen LogP contribution in [-0.4, -0.2) is 34.1 Å². The molecule has 106 valence electrons. The average molecular weight is 287 g/mol. The van der Waals surface area contributed by atoms with Gasteiger partial charge in [0, 0.05) is 0 Å². The number of carbonyl (C=O) groups excluding carboxylic acids is 1. The number of rotatable bonds is 5. The van der Waals surface area contributed by atoms with Gasteiger partial charge in [0.25, 0.3) is 0 Å². The number of carbonyl (C=O) groups is 1. The lowest BCUT2D eigenvalue weighted by Gasteiger charge is -2.22. The molecular weight excluding hydrogens is 270 g/mol. The lowest BCUT2D eigenvalue weighted by Crippen LogP contribution is -2.50. The minimum Gasteiger partial charge on any atom is -0.497 e. The van der Waals surface area contributed by atoms with Crippen molar-refractivity contribution in [1.82, 2.24) is 4.72 Å². The zero-order valence-corrected chi connectivity index (χ0v) is 12.1. The summed E-state index contributed by atoms with van der Waals surface area (Å²) in [6, 6.07) is 5.85. The summed E-state index contributed by atoms with van der Waals surface area (Å²) >= 11 is 0. The first kappa shape index (κ1) is 15.5. The van der Waals surface area contributed by atoms with E-state index >= 15 is 0 Å². The maximum atomic E-state index is 12.1. The molecule has 6 nitrogen and oxygen atoms in total. The molecule has 19 heavy (non-hydrogen) atoms. The molecule has 0 saturated carbocycles. The predicted octanol–water partition coefficient (Wildman–Crippen LogP) is 0.925. The number of hydrogen-bond acceptors (Lipinski definition) is 5. The summed E-state index contributed by atoms with van der Waals surface area (Å²) in [7, 11) is -1.12. The molecule has 7 heteroatoms. The maximum Gasteiger partial charge on any atom is 0.326 e. The lowest BCUT2D eigenvalue weighted by atomic mass is 10.1. The van der Waals surface area contributed by atoms with Gasteiger partial charge in [-0.1, -0.05) is 0 Å². The fraction of sp³-hybridized carbons (Fsp3) is 0.417. The lowest BCUT2D eigenvalue weighted by molar-refractivity contribution is -0.146. The first-order valence-electron chi connectivity index (χ1n) is 5.49. The Balaban J connectivity index is 3.01. The zero-order valence-electron chi connectivity index (χ0n) is 11.3. The fourth-order valence-electron chi connectivity index (χ4n) is 1.45. The largest absolute Gasteiger partial charge is 0.497 e. The van der Waals surface area contributed by atoms with Gasteiger partial charge in [-0.2, -0.15) is 4.72 Å². The van der Waals surface area contributed by atoms with E-state index in [0.717, 1.165) is 0 Å². The molecule has 0 amide bonds. The molecule has 0 bridgehead atoms. The van der Waals surface area contributed by atoms with E-state index in [1.807, 2.05) is 0 Å². The fourth-order valence-corrected chi connectivity index (χ4v) is 2.81. The summed E-state index contributed by atoms with van der Waals surface area (Å²) in [4.78, 5) is 11.5. The van der Waals surface area contributed by atoms with Gasteiger partial charge in [-0.15, -0.1) is 0 Å². The van der Waals surface area contributed by atoms with Crippen LogP contribution < -0.4 is 9.46 Å². The standard InChI is InChI=1S/C12H17NO5S/c1-12(2,11(14)18-4)13-19(15,16)10-7-5-9(17-3)6-8-10/h5-8,13H,1-4H3. The number of sulfonamides is 1. The molecule has 1 rings (SSSR count). The summed E-state index contributed by atoms with van der Waals surface area (Å²) in [5.74, 6) is -0.115. The summed E-state index contributed by atoms with van der Waals surface area (Å²) < 4.78 is 36.0. The van der Waals surface area contributed by atoms with E-state index in [0.29, 0.717) is 5.75 Å². The highest BCUT2D eigenvalue weighted by molar-refractivity contribution is 7.89. The Hall–Kier alpha value is -1.60. The topological polar surface area (TPSA) is 81.7 Å². The van der Waals surface area contributed by atoms with E-state index in [1.54, 1.807) is 0 Å². The molecule has 0 fully saturated rings. The molecule has 0 saturated heterocycles. The molecule has 0 aliphatic heterocycles. The minimum atomic E-state index is -3.80. The number of methoxy groups -OCH3 is 2. The van der Waals surface area contributed by atoms with Crippen LogP contribution in [0.15, 0.2) is 29.2 Å². The molecule has 0 aliphatic rings. The van der Waals surface area contributed by atoms with E-state index in [-0.39, 0.29) is 4.90 Å². The van der Waals surface area contributed by atoms with Crippen LogP contribution in [0.2, 0.25) is 0 Å². The van der Waals surface area contributed by atoms with Crippen LogP contribution in [0.1, 0.15) is 13.8 Å². The van der Waals surface area contributed by atoms with Crippen LogP contribution in [0, 0.1) is 0 Å². The molecule has 0 spiro atoms. The monoisotopic (exact) mass is 287 g/mol. The number of esters is 1. The van der Waals surface area contributed by atoms with Crippen LogP contribution in [-0.2, 0) is 19.6 Å². The van der Waals surface area contributed by atoms with E-state index in [1.165, 1.54) is 52.3 Å². The number of hydrogen-bond donors (Lipinski definition) is 1. The third kappa shape index (κ3) is 3.68. The third-order valence-corrected chi connectivity index (χ3v) is 4.13. The summed E-state index contributed by atoms with van der Waals surface area (Å²) in [5, 5.41) is 0. The highest BCUT2D eigenvalue weighted by atomic mass is 32.2. The van der Waals surface area contributed by atoms with Crippen LogP contribution >= 0.6 is 0 Å². The Morgan fingerprint density at radius 2 is 1.68 bits per heavy atom. The van der Waals surface area contributed by atoms with Gasteiger partial charge in [-0.3, -0.25) is 4.79 Å². The van der Waals surface area contributed by atoms with Gasteiger partial charge in [-0.05, 0) is 38.1 Å². The Bertz CT molecular complexity index is 548. The van der Waals surface area contributed by atoms with Gasteiger partial charge in [0.05, 0.1) is 19.1 Å². The molecule has 1 aromatic rings. The second-order valence-electron chi connectivity index (χ2n) is 4.40. The van der Waals surface area contributed by atoms with E-state index < -0.39 is 21.5 Å². The van der Waals surface area contributed by atoms with E-state index in [2.05, 4.69) is 9.46 Å². The Kier molecular flexibility index (Phi) is 4.54. The Morgan fingerprint density at radius 3 is 2.11 bits per heavy atom. The van der Waals surface area contributed by atoms with Gasteiger partial charge in [0.2, 0.25) is 10.0 Å². The third-order valence-electron chi connectivity index (χ3n) is 2.45. The first-order valence-corrected chi connectivity index (χ1v) is 6.97. The van der Waals surface area contributed by atoms with Crippen molar-refractivity contribution in [2.45, 2.75) is 24.3 Å². The highest BCUT2D eigenvalue weighted by Gasteiger charge is 2.34. The maximum absolute atomic E-state index is 12.1. The van der Waals surface area contributed by atoms with Crippen LogP contribution in [0.5, 0.6) is 5.75 Å². The molecule has 1 aromatic carbocycles. The zero-order chi connectivity index (χ0) is 14.7. The molecule has 1 N–H and O–H groups in total. The van der Waals surface area contributed by atoms with E-state index in [4.69, 9.17) is 4.74 Å². The Morgan fingerprint density at radius 1 is 1.16 bits per heavy atom. The van der Waals surface area contributed by atoms with E-state index in [9.17, 15) is 13.2 Å². The molecule has 0 aromatic heterocycles.